The summed E-state index contributed by atoms with van der Waals surface area (Å²) >= 11 is 0. The lowest BCUT2D eigenvalue weighted by molar-refractivity contribution is -0.116. The number of nitrogens with one attached hydrogen (secondary N) is 1. The maximum Gasteiger partial charge on any atom is 0.244 e. The Balaban J connectivity index is 1.69. The first-order chi connectivity index (χ1) is 14.8. The fraction of sp³-hybridized carbons (Fsp3) is 0.0870. The van der Waals surface area contributed by atoms with Gasteiger partial charge in [0.05, 0.1) is 9.79 Å². The molecule has 4 rings (SSSR count). The number of rotatable bonds is 5. The van der Waals surface area contributed by atoms with Gasteiger partial charge in [-0.25, -0.2) is 17.2 Å². The van der Waals surface area contributed by atoms with Crippen molar-refractivity contribution in [3.05, 3.63) is 90.1 Å². The van der Waals surface area contributed by atoms with Crippen LogP contribution in [0.4, 0.5) is 14.5 Å². The number of anilines is 1. The Kier molecular flexibility index (Phi) is 5.32. The van der Waals surface area contributed by atoms with E-state index in [2.05, 4.69) is 5.32 Å². The molecule has 1 heterocycles. The van der Waals surface area contributed by atoms with E-state index in [1.165, 1.54) is 16.8 Å². The highest BCUT2D eigenvalue weighted by molar-refractivity contribution is 7.91. The molecule has 1 aromatic heterocycles. The van der Waals surface area contributed by atoms with Gasteiger partial charge in [0.1, 0.15) is 6.54 Å². The Labute approximate surface area is 177 Å². The molecule has 0 fully saturated rings. The Bertz CT molecular complexity index is 1390. The first-order valence-electron chi connectivity index (χ1n) is 9.40. The zero-order valence-corrected chi connectivity index (χ0v) is 17.3. The summed E-state index contributed by atoms with van der Waals surface area (Å²) in [5.74, 6) is -2.60. The summed E-state index contributed by atoms with van der Waals surface area (Å²) in [7, 11) is -3.81. The lowest BCUT2D eigenvalue weighted by atomic mass is 10.2. The number of aromatic nitrogens is 1. The first-order valence-corrected chi connectivity index (χ1v) is 10.9. The van der Waals surface area contributed by atoms with Crippen molar-refractivity contribution in [3.8, 4) is 0 Å². The van der Waals surface area contributed by atoms with Crippen LogP contribution in [0.2, 0.25) is 0 Å². The van der Waals surface area contributed by atoms with Crippen molar-refractivity contribution in [1.29, 1.82) is 0 Å². The van der Waals surface area contributed by atoms with Gasteiger partial charge in [0, 0.05) is 28.9 Å². The minimum Gasteiger partial charge on any atom is -0.337 e. The fourth-order valence-corrected chi connectivity index (χ4v) is 4.81. The molecule has 31 heavy (non-hydrogen) atoms. The third kappa shape index (κ3) is 4.06. The number of halogens is 2. The molecule has 0 unspecified atom stereocenters. The number of hydrogen-bond acceptors (Lipinski definition) is 3. The zero-order chi connectivity index (χ0) is 22.2. The minimum absolute atomic E-state index is 0.0904. The van der Waals surface area contributed by atoms with Crippen LogP contribution in [0.15, 0.2) is 82.7 Å². The zero-order valence-electron chi connectivity index (χ0n) is 16.5. The molecule has 0 atom stereocenters. The number of para-hydroxylation sites is 1. The van der Waals surface area contributed by atoms with E-state index in [0.29, 0.717) is 10.9 Å². The second-order valence-electron chi connectivity index (χ2n) is 7.13. The Morgan fingerprint density at radius 2 is 1.68 bits per heavy atom. The molecular weight excluding hydrogens is 422 g/mol. The van der Waals surface area contributed by atoms with Gasteiger partial charge in [0.2, 0.25) is 15.7 Å². The number of benzene rings is 3. The van der Waals surface area contributed by atoms with Gasteiger partial charge in [-0.2, -0.15) is 0 Å². The van der Waals surface area contributed by atoms with Crippen molar-refractivity contribution >= 4 is 32.3 Å². The molecule has 0 aliphatic heterocycles. The number of carbonyl (C=O) groups excluding carboxylic acids is 1. The SMILES string of the molecule is Cc1ccc(S(=O)(=O)c2cn(CC(=O)Nc3ccc(F)c(F)c3)c3ccccc23)cc1. The number of nitrogens with zero attached hydrogens (tertiary/aromatic N) is 1. The molecular formula is C23H18F2N2O3S. The Hall–Kier alpha value is -3.52. The number of sulfone groups is 1. The van der Waals surface area contributed by atoms with Crippen molar-refractivity contribution in [1.82, 2.24) is 4.57 Å². The summed E-state index contributed by atoms with van der Waals surface area (Å²) in [5.41, 5.74) is 1.61. The normalized spacial score (nSPS) is 11.6. The van der Waals surface area contributed by atoms with Crippen LogP contribution in [-0.2, 0) is 21.2 Å². The maximum absolute atomic E-state index is 13.4. The Morgan fingerprint density at radius 3 is 2.39 bits per heavy atom. The highest BCUT2D eigenvalue weighted by atomic mass is 32.2. The van der Waals surface area contributed by atoms with E-state index in [9.17, 15) is 22.0 Å². The summed E-state index contributed by atoms with van der Waals surface area (Å²) in [6, 6.07) is 16.5. The third-order valence-corrected chi connectivity index (χ3v) is 6.69. The second-order valence-corrected chi connectivity index (χ2v) is 9.05. The van der Waals surface area contributed by atoms with Gasteiger partial charge in [-0.1, -0.05) is 35.9 Å². The minimum atomic E-state index is -3.81. The first kappa shape index (κ1) is 20.7. The van der Waals surface area contributed by atoms with E-state index >= 15 is 0 Å². The van der Waals surface area contributed by atoms with Gasteiger partial charge in [-0.3, -0.25) is 4.79 Å². The van der Waals surface area contributed by atoms with E-state index in [-0.39, 0.29) is 22.0 Å². The van der Waals surface area contributed by atoms with Gasteiger partial charge < -0.3 is 9.88 Å². The molecule has 0 aliphatic carbocycles. The van der Waals surface area contributed by atoms with Crippen LogP contribution in [0, 0.1) is 18.6 Å². The predicted molar refractivity (Wildman–Crippen MR) is 114 cm³/mol. The van der Waals surface area contributed by atoms with E-state index in [4.69, 9.17) is 0 Å². The molecule has 0 spiro atoms. The van der Waals surface area contributed by atoms with Gasteiger partial charge in [0.25, 0.3) is 0 Å². The molecule has 5 nitrogen and oxygen atoms in total. The van der Waals surface area contributed by atoms with Crippen LogP contribution >= 0.6 is 0 Å². The van der Waals surface area contributed by atoms with Gasteiger partial charge in [-0.05, 0) is 37.3 Å². The van der Waals surface area contributed by atoms with Gasteiger partial charge >= 0.3 is 0 Å². The maximum atomic E-state index is 13.4. The van der Waals surface area contributed by atoms with Gasteiger partial charge in [-0.15, -0.1) is 0 Å². The van der Waals surface area contributed by atoms with Crippen molar-refractivity contribution in [2.45, 2.75) is 23.3 Å². The number of hydrogen-bond donors (Lipinski definition) is 1. The van der Waals surface area contributed by atoms with E-state index < -0.39 is 27.4 Å². The quantitative estimate of drug-likeness (QED) is 0.489. The number of fused-ring (bicyclic) bond motifs is 1. The fourth-order valence-electron chi connectivity index (χ4n) is 3.33. The third-order valence-electron chi connectivity index (χ3n) is 4.89. The highest BCUT2D eigenvalue weighted by Crippen LogP contribution is 2.30. The van der Waals surface area contributed by atoms with Gasteiger partial charge in [0.15, 0.2) is 11.6 Å². The van der Waals surface area contributed by atoms with Crippen molar-refractivity contribution in [3.63, 3.8) is 0 Å². The lowest BCUT2D eigenvalue weighted by Gasteiger charge is -2.07. The van der Waals surface area contributed by atoms with Crippen LogP contribution in [0.1, 0.15) is 5.56 Å². The lowest BCUT2D eigenvalue weighted by Crippen LogP contribution is -2.18. The summed E-state index contributed by atoms with van der Waals surface area (Å²) < 4.78 is 54.4. The van der Waals surface area contributed by atoms with Crippen LogP contribution in [0.5, 0.6) is 0 Å². The molecule has 0 aliphatic rings. The molecule has 3 aromatic carbocycles. The molecule has 8 heteroatoms. The summed E-state index contributed by atoms with van der Waals surface area (Å²) in [6.07, 6.45) is 1.42. The number of aryl methyl sites for hydroxylation is 1. The van der Waals surface area contributed by atoms with Crippen molar-refractivity contribution in [2.75, 3.05) is 5.32 Å². The molecule has 0 saturated carbocycles. The summed E-state index contributed by atoms with van der Waals surface area (Å²) in [4.78, 5) is 12.7. The van der Waals surface area contributed by atoms with E-state index in [1.807, 2.05) is 6.92 Å². The predicted octanol–water partition coefficient (Wildman–Crippen LogP) is 4.70. The van der Waals surface area contributed by atoms with Crippen LogP contribution in [0.3, 0.4) is 0 Å². The number of amides is 1. The summed E-state index contributed by atoms with van der Waals surface area (Å²) in [5, 5.41) is 2.98. The van der Waals surface area contributed by atoms with E-state index in [0.717, 1.165) is 17.7 Å². The molecule has 4 aromatic rings. The average Bonchev–Trinajstić information content (AvgIpc) is 3.10. The highest BCUT2D eigenvalue weighted by Gasteiger charge is 2.23. The molecule has 0 bridgehead atoms. The molecule has 1 amide bonds. The topological polar surface area (TPSA) is 68.2 Å². The van der Waals surface area contributed by atoms with Crippen LogP contribution in [0.25, 0.3) is 10.9 Å². The second kappa shape index (κ2) is 7.96. The standard InChI is InChI=1S/C23H18F2N2O3S/c1-15-6-9-17(10-7-15)31(29,30)22-13-27(21-5-3-2-4-18(21)22)14-23(28)26-16-8-11-19(24)20(25)12-16/h2-13H,14H2,1H3,(H,26,28). The van der Waals surface area contributed by atoms with Crippen LogP contribution < -0.4 is 5.32 Å². The molecule has 0 saturated heterocycles. The molecule has 158 valence electrons. The Morgan fingerprint density at radius 1 is 0.968 bits per heavy atom. The van der Waals surface area contributed by atoms with E-state index in [1.54, 1.807) is 48.5 Å². The molecule has 1 N–H and O–H groups in total. The smallest absolute Gasteiger partial charge is 0.244 e. The van der Waals surface area contributed by atoms with Crippen LogP contribution in [-0.4, -0.2) is 18.9 Å². The largest absolute Gasteiger partial charge is 0.337 e. The number of carbonyl (C=O) groups is 1. The molecule has 0 radical (unpaired) electrons. The summed E-state index contributed by atoms with van der Waals surface area (Å²) in [6.45, 7) is 1.66. The average molecular weight is 440 g/mol. The monoisotopic (exact) mass is 440 g/mol. The van der Waals surface area contributed by atoms with Crippen molar-refractivity contribution in [2.24, 2.45) is 0 Å². The van der Waals surface area contributed by atoms with Crippen molar-refractivity contribution < 1.29 is 22.0 Å².